The van der Waals surface area contributed by atoms with Gasteiger partial charge in [0.05, 0.1) is 0 Å². The average Bonchev–Trinajstić information content (AvgIpc) is 2.68. The molecule has 0 aliphatic heterocycles. The predicted octanol–water partition coefficient (Wildman–Crippen LogP) is 4.63. The van der Waals surface area contributed by atoms with Gasteiger partial charge in [-0.1, -0.05) is 57.6 Å². The summed E-state index contributed by atoms with van der Waals surface area (Å²) in [5, 5.41) is 30.1. The average molecular weight is 443 g/mol. The highest BCUT2D eigenvalue weighted by molar-refractivity contribution is 5.81. The molecule has 6 nitrogen and oxygen atoms in total. The maximum absolute atomic E-state index is 12.3. The summed E-state index contributed by atoms with van der Waals surface area (Å²) in [5.41, 5.74) is -2.98. The summed E-state index contributed by atoms with van der Waals surface area (Å²) in [7, 11) is 0. The second-order valence-electron chi connectivity index (χ2n) is 9.43. The van der Waals surface area contributed by atoms with Crippen LogP contribution in [0, 0.1) is 0 Å². The van der Waals surface area contributed by atoms with E-state index in [1.807, 2.05) is 0 Å². The zero-order valence-corrected chi connectivity index (χ0v) is 20.2. The van der Waals surface area contributed by atoms with Crippen LogP contribution in [0.4, 0.5) is 0 Å². The number of carbonyl (C=O) groups excluding carboxylic acids is 2. The van der Waals surface area contributed by atoms with Crippen LogP contribution in [-0.2, 0) is 14.3 Å². The molecule has 0 aromatic heterocycles. The first-order valence-corrected chi connectivity index (χ1v) is 12.0. The summed E-state index contributed by atoms with van der Waals surface area (Å²) in [6.07, 6.45) is 13.1. The monoisotopic (exact) mass is 442 g/mol. The Morgan fingerprint density at radius 3 is 2.00 bits per heavy atom. The first kappa shape index (κ1) is 29.8. The van der Waals surface area contributed by atoms with Gasteiger partial charge in [0.2, 0.25) is 0 Å². The van der Waals surface area contributed by atoms with E-state index in [9.17, 15) is 24.9 Å². The number of hydrogen-bond acceptors (Lipinski definition) is 6. The molecule has 0 radical (unpaired) electrons. The fraction of sp³-hybridized carbons (Fsp3) is 0.840. The Labute approximate surface area is 189 Å². The number of ether oxygens (including phenoxy) is 1. The van der Waals surface area contributed by atoms with Crippen LogP contribution >= 0.6 is 0 Å². The molecule has 3 N–H and O–H groups in total. The summed E-state index contributed by atoms with van der Waals surface area (Å²) in [5.74, 6) is -0.578. The van der Waals surface area contributed by atoms with Crippen molar-refractivity contribution in [2.24, 2.45) is 0 Å². The number of allylic oxidation sites excluding steroid dienone is 1. The van der Waals surface area contributed by atoms with Gasteiger partial charge in [-0.3, -0.25) is 4.79 Å². The van der Waals surface area contributed by atoms with Crippen LogP contribution in [0.3, 0.4) is 0 Å². The Hall–Kier alpha value is -1.24. The minimum absolute atomic E-state index is 0.306. The highest BCUT2D eigenvalue weighted by Gasteiger charge is 2.44. The van der Waals surface area contributed by atoms with Crippen molar-refractivity contribution in [2.45, 2.75) is 128 Å². The van der Waals surface area contributed by atoms with Gasteiger partial charge in [0, 0.05) is 25.9 Å². The van der Waals surface area contributed by atoms with E-state index in [1.165, 1.54) is 25.3 Å². The van der Waals surface area contributed by atoms with Crippen molar-refractivity contribution in [1.29, 1.82) is 0 Å². The first-order chi connectivity index (χ1) is 14.6. The van der Waals surface area contributed by atoms with Crippen LogP contribution in [0.25, 0.3) is 0 Å². The number of carbonyl (C=O) groups is 2. The lowest BCUT2D eigenvalue weighted by atomic mass is 9.92. The van der Waals surface area contributed by atoms with E-state index in [1.54, 1.807) is 26.8 Å². The van der Waals surface area contributed by atoms with E-state index >= 15 is 0 Å². The standard InChI is InChI=1S/C25H46O6/c1-5-6-7-10-13-16-21(27)17-14-11-8-9-12-15-18-22(28)25(30,19-20-26)23(29)31-24(2,3)4/h15,18,22,26,28,30H,5-14,16-17,19-20H2,1-4H3/b18-15+/t22-,25-/m0/s1. The number of ketones is 1. The SMILES string of the molecule is CCCCCCCC(=O)CCCCCC/C=C/[C@H](O)[C@@](O)(CCO)C(=O)OC(C)(C)C. The maximum Gasteiger partial charge on any atom is 0.341 e. The minimum Gasteiger partial charge on any atom is -0.458 e. The van der Waals surface area contributed by atoms with E-state index in [-0.39, 0.29) is 6.42 Å². The summed E-state index contributed by atoms with van der Waals surface area (Å²) in [4.78, 5) is 24.1. The zero-order chi connectivity index (χ0) is 23.8. The molecular weight excluding hydrogens is 396 g/mol. The molecule has 2 atom stereocenters. The topological polar surface area (TPSA) is 104 Å². The molecular formula is C25H46O6. The number of Topliss-reactive ketones (excluding diaryl/α,β-unsaturated/α-hetero) is 1. The molecule has 0 heterocycles. The molecule has 0 amide bonds. The van der Waals surface area contributed by atoms with Crippen LogP contribution in [0.2, 0.25) is 0 Å². The lowest BCUT2D eigenvalue weighted by Gasteiger charge is -2.32. The van der Waals surface area contributed by atoms with Crippen molar-refractivity contribution in [2.75, 3.05) is 6.61 Å². The summed E-state index contributed by atoms with van der Waals surface area (Å²) < 4.78 is 5.19. The molecule has 0 rings (SSSR count). The molecule has 0 aliphatic rings. The van der Waals surface area contributed by atoms with Crippen molar-refractivity contribution in [3.8, 4) is 0 Å². The normalized spacial score (nSPS) is 15.1. The summed E-state index contributed by atoms with van der Waals surface area (Å²) in [6.45, 7) is 6.76. The molecule has 0 aliphatic carbocycles. The quantitative estimate of drug-likeness (QED) is 0.162. The maximum atomic E-state index is 12.3. The third-order valence-electron chi connectivity index (χ3n) is 5.19. The first-order valence-electron chi connectivity index (χ1n) is 12.0. The van der Waals surface area contributed by atoms with Gasteiger partial charge in [0.1, 0.15) is 17.5 Å². The van der Waals surface area contributed by atoms with Crippen molar-refractivity contribution < 1.29 is 29.6 Å². The Bertz CT molecular complexity index is 523. The largest absolute Gasteiger partial charge is 0.458 e. The molecule has 0 fully saturated rings. The van der Waals surface area contributed by atoms with E-state index in [4.69, 9.17) is 4.74 Å². The second-order valence-corrected chi connectivity index (χ2v) is 9.43. The fourth-order valence-corrected chi connectivity index (χ4v) is 3.28. The van der Waals surface area contributed by atoms with Crippen molar-refractivity contribution in [3.05, 3.63) is 12.2 Å². The summed E-state index contributed by atoms with van der Waals surface area (Å²) >= 11 is 0. The lowest BCUT2D eigenvalue weighted by Crippen LogP contribution is -2.52. The Kier molecular flexibility index (Phi) is 15.7. The van der Waals surface area contributed by atoms with Crippen molar-refractivity contribution in [3.63, 3.8) is 0 Å². The van der Waals surface area contributed by atoms with E-state index in [2.05, 4.69) is 6.92 Å². The molecule has 0 saturated carbocycles. The van der Waals surface area contributed by atoms with Crippen LogP contribution in [0.5, 0.6) is 0 Å². The highest BCUT2D eigenvalue weighted by Crippen LogP contribution is 2.23. The van der Waals surface area contributed by atoms with Crippen LogP contribution in [0.15, 0.2) is 12.2 Å². The van der Waals surface area contributed by atoms with Gasteiger partial charge in [0.25, 0.3) is 0 Å². The number of hydrogen-bond donors (Lipinski definition) is 3. The number of aliphatic hydroxyl groups excluding tert-OH is 2. The molecule has 0 bridgehead atoms. The Morgan fingerprint density at radius 1 is 0.935 bits per heavy atom. The molecule has 0 aromatic carbocycles. The van der Waals surface area contributed by atoms with E-state index in [0.29, 0.717) is 25.0 Å². The van der Waals surface area contributed by atoms with Gasteiger partial charge < -0.3 is 20.1 Å². The molecule has 31 heavy (non-hydrogen) atoms. The van der Waals surface area contributed by atoms with Crippen molar-refractivity contribution >= 4 is 11.8 Å². The van der Waals surface area contributed by atoms with E-state index in [0.717, 1.165) is 38.5 Å². The fourth-order valence-electron chi connectivity index (χ4n) is 3.28. The Balaban J connectivity index is 4.12. The van der Waals surface area contributed by atoms with Gasteiger partial charge >= 0.3 is 5.97 Å². The zero-order valence-electron chi connectivity index (χ0n) is 20.2. The molecule has 0 aromatic rings. The molecule has 0 saturated heterocycles. The lowest BCUT2D eigenvalue weighted by molar-refractivity contribution is -0.188. The Morgan fingerprint density at radius 2 is 1.48 bits per heavy atom. The van der Waals surface area contributed by atoms with Crippen LogP contribution < -0.4 is 0 Å². The second kappa shape index (κ2) is 16.4. The number of esters is 1. The highest BCUT2D eigenvalue weighted by atomic mass is 16.6. The minimum atomic E-state index is -2.17. The molecule has 6 heteroatoms. The van der Waals surface area contributed by atoms with Gasteiger partial charge in [0.15, 0.2) is 5.60 Å². The van der Waals surface area contributed by atoms with Gasteiger partial charge in [-0.05, 0) is 46.5 Å². The number of aliphatic hydroxyl groups is 3. The van der Waals surface area contributed by atoms with Gasteiger partial charge in [-0.25, -0.2) is 4.79 Å². The predicted molar refractivity (Wildman–Crippen MR) is 124 cm³/mol. The number of rotatable bonds is 18. The molecule has 182 valence electrons. The van der Waals surface area contributed by atoms with Crippen LogP contribution in [0.1, 0.15) is 111 Å². The third-order valence-corrected chi connectivity index (χ3v) is 5.19. The van der Waals surface area contributed by atoms with E-state index < -0.39 is 29.9 Å². The van der Waals surface area contributed by atoms with Gasteiger partial charge in [-0.2, -0.15) is 0 Å². The third kappa shape index (κ3) is 14.4. The molecule has 0 unspecified atom stereocenters. The smallest absolute Gasteiger partial charge is 0.341 e. The van der Waals surface area contributed by atoms with Crippen molar-refractivity contribution in [1.82, 2.24) is 0 Å². The van der Waals surface area contributed by atoms with Crippen LogP contribution in [-0.4, -0.2) is 51.0 Å². The summed E-state index contributed by atoms with van der Waals surface area (Å²) in [6, 6.07) is 0. The molecule has 0 spiro atoms. The number of unbranched alkanes of at least 4 members (excludes halogenated alkanes) is 8. The van der Waals surface area contributed by atoms with Gasteiger partial charge in [-0.15, -0.1) is 0 Å².